The van der Waals surface area contributed by atoms with Crippen molar-refractivity contribution in [1.29, 1.82) is 0 Å². The first kappa shape index (κ1) is 25.3. The van der Waals surface area contributed by atoms with Crippen LogP contribution in [-0.4, -0.2) is 53.7 Å². The zero-order valence-electron chi connectivity index (χ0n) is 20.6. The number of benzene rings is 2. The van der Waals surface area contributed by atoms with Crippen molar-refractivity contribution in [1.82, 2.24) is 9.88 Å². The van der Waals surface area contributed by atoms with Gasteiger partial charge in [0.15, 0.2) is 5.78 Å². The fourth-order valence-electron chi connectivity index (χ4n) is 4.46. The van der Waals surface area contributed by atoms with Gasteiger partial charge in [0.05, 0.1) is 11.9 Å². The van der Waals surface area contributed by atoms with Gasteiger partial charge in [0.25, 0.3) is 5.91 Å². The number of hydrogen-bond donors (Lipinski definition) is 1. The molecule has 1 aromatic heterocycles. The highest BCUT2D eigenvalue weighted by atomic mass is 16.2. The zero-order valence-corrected chi connectivity index (χ0v) is 20.6. The molecule has 2 amide bonds. The van der Waals surface area contributed by atoms with Crippen molar-refractivity contribution in [2.75, 3.05) is 36.4 Å². The molecule has 0 spiro atoms. The molecular weight excluding hydrogens is 452 g/mol. The van der Waals surface area contributed by atoms with E-state index >= 15 is 0 Å². The predicted molar refractivity (Wildman–Crippen MR) is 141 cm³/mol. The first-order valence-electron chi connectivity index (χ1n) is 12.5. The molecule has 2 aromatic carbocycles. The summed E-state index contributed by atoms with van der Waals surface area (Å²) in [5.41, 5.74) is 2.73. The number of pyridine rings is 1. The molecule has 0 radical (unpaired) electrons. The lowest BCUT2D eigenvalue weighted by atomic mass is 9.89. The van der Waals surface area contributed by atoms with E-state index in [1.54, 1.807) is 48.5 Å². The van der Waals surface area contributed by atoms with Crippen LogP contribution < -0.4 is 10.2 Å². The molecule has 0 unspecified atom stereocenters. The number of hydrogen-bond acceptors (Lipinski definition) is 5. The Morgan fingerprint density at radius 2 is 1.67 bits per heavy atom. The second kappa shape index (κ2) is 12.2. The van der Waals surface area contributed by atoms with Gasteiger partial charge in [-0.1, -0.05) is 37.3 Å². The molecule has 1 N–H and O–H groups in total. The number of carbonyl (C=O) groups is 3. The number of nitrogens with one attached hydrogen (secondary N) is 1. The average Bonchev–Trinajstić information content (AvgIpc) is 2.94. The molecule has 1 aliphatic heterocycles. The fourth-order valence-corrected chi connectivity index (χ4v) is 4.46. The lowest BCUT2D eigenvalue weighted by Crippen LogP contribution is -2.43. The van der Waals surface area contributed by atoms with Crippen molar-refractivity contribution in [2.24, 2.45) is 5.92 Å². The van der Waals surface area contributed by atoms with Crippen LogP contribution in [0.25, 0.3) is 0 Å². The van der Waals surface area contributed by atoms with Crippen LogP contribution in [0.3, 0.4) is 0 Å². The van der Waals surface area contributed by atoms with E-state index in [0.29, 0.717) is 30.8 Å². The van der Waals surface area contributed by atoms with Crippen molar-refractivity contribution < 1.29 is 14.4 Å². The number of rotatable bonds is 9. The van der Waals surface area contributed by atoms with Gasteiger partial charge >= 0.3 is 0 Å². The van der Waals surface area contributed by atoms with Crippen molar-refractivity contribution >= 4 is 29.0 Å². The number of aromatic nitrogens is 1. The minimum Gasteiger partial charge on any atom is -0.326 e. The second-order valence-electron chi connectivity index (χ2n) is 8.99. The number of carbonyl (C=O) groups excluding carboxylic acids is 3. The van der Waals surface area contributed by atoms with Crippen molar-refractivity contribution in [3.63, 3.8) is 0 Å². The van der Waals surface area contributed by atoms with Crippen molar-refractivity contribution in [3.8, 4) is 0 Å². The van der Waals surface area contributed by atoms with Gasteiger partial charge in [-0.15, -0.1) is 0 Å². The summed E-state index contributed by atoms with van der Waals surface area (Å²) < 4.78 is 0. The molecular formula is C29H32N4O3. The van der Waals surface area contributed by atoms with Gasteiger partial charge in [0, 0.05) is 48.4 Å². The summed E-state index contributed by atoms with van der Waals surface area (Å²) in [7, 11) is 0. The highest BCUT2D eigenvalue weighted by molar-refractivity contribution is 6.06. The van der Waals surface area contributed by atoms with E-state index in [2.05, 4.69) is 15.2 Å². The molecule has 0 atom stereocenters. The van der Waals surface area contributed by atoms with Gasteiger partial charge in [-0.2, -0.15) is 0 Å². The summed E-state index contributed by atoms with van der Waals surface area (Å²) in [6.07, 6.45) is 5.41. The lowest BCUT2D eigenvalue weighted by Gasteiger charge is -2.33. The van der Waals surface area contributed by atoms with E-state index in [0.717, 1.165) is 37.2 Å². The lowest BCUT2D eigenvalue weighted by molar-refractivity contribution is -0.115. The Bertz CT molecular complexity index is 1160. The Kier molecular flexibility index (Phi) is 8.57. The van der Waals surface area contributed by atoms with Crippen LogP contribution in [0.1, 0.15) is 46.9 Å². The Balaban J connectivity index is 1.38. The first-order valence-corrected chi connectivity index (χ1v) is 12.5. The molecule has 0 aliphatic carbocycles. The number of amides is 2. The predicted octanol–water partition coefficient (Wildman–Crippen LogP) is 4.67. The summed E-state index contributed by atoms with van der Waals surface area (Å²) in [4.78, 5) is 46.2. The molecule has 186 valence electrons. The quantitative estimate of drug-likeness (QED) is 0.446. The highest BCUT2D eigenvalue weighted by Crippen LogP contribution is 2.23. The third-order valence-electron chi connectivity index (χ3n) is 6.60. The van der Waals surface area contributed by atoms with Crippen LogP contribution in [0.4, 0.5) is 11.4 Å². The number of anilines is 2. The van der Waals surface area contributed by atoms with Crippen molar-refractivity contribution in [3.05, 3.63) is 90.3 Å². The maximum absolute atomic E-state index is 13.5. The Morgan fingerprint density at radius 1 is 0.944 bits per heavy atom. The molecule has 1 fully saturated rings. The molecule has 1 saturated heterocycles. The smallest absolute Gasteiger partial charge is 0.258 e. The van der Waals surface area contributed by atoms with Gasteiger partial charge in [-0.25, -0.2) is 0 Å². The summed E-state index contributed by atoms with van der Waals surface area (Å²) in [6.45, 7) is 4.66. The third kappa shape index (κ3) is 6.43. The zero-order chi connectivity index (χ0) is 25.3. The summed E-state index contributed by atoms with van der Waals surface area (Å²) in [5, 5.41) is 2.80. The summed E-state index contributed by atoms with van der Waals surface area (Å²) >= 11 is 0. The minimum atomic E-state index is -0.120. The van der Waals surface area contributed by atoms with E-state index in [-0.39, 0.29) is 23.5 Å². The van der Waals surface area contributed by atoms with E-state index in [9.17, 15) is 14.4 Å². The van der Waals surface area contributed by atoms with Crippen LogP contribution in [-0.2, 0) is 4.79 Å². The fraction of sp³-hybridized carbons (Fsp3) is 0.310. The van der Waals surface area contributed by atoms with Crippen LogP contribution in [0.15, 0.2) is 79.1 Å². The van der Waals surface area contributed by atoms with Crippen LogP contribution in [0, 0.1) is 5.92 Å². The monoisotopic (exact) mass is 484 g/mol. The molecule has 36 heavy (non-hydrogen) atoms. The Hall–Kier alpha value is -3.84. The standard InChI is InChI=1S/C29H32N4O3/c1-2-27(34)31-25-12-10-24(11-13-25)29(36)33(26-9-6-16-30-21-26)20-19-32-17-14-23(15-18-32)28(35)22-7-4-3-5-8-22/h3-13,16,21,23H,2,14-15,17-20H2,1H3,(H,31,34). The van der Waals surface area contributed by atoms with Gasteiger partial charge in [0.1, 0.15) is 0 Å². The van der Waals surface area contributed by atoms with E-state index < -0.39 is 0 Å². The number of nitrogens with zero attached hydrogens (tertiary/aromatic N) is 3. The molecule has 7 heteroatoms. The molecule has 1 aliphatic rings. The van der Waals surface area contributed by atoms with Gasteiger partial charge in [-0.3, -0.25) is 19.4 Å². The first-order chi connectivity index (χ1) is 17.5. The minimum absolute atomic E-state index is 0.0476. The molecule has 3 aromatic rings. The van der Waals surface area contributed by atoms with E-state index in [1.807, 2.05) is 42.5 Å². The van der Waals surface area contributed by atoms with Crippen molar-refractivity contribution in [2.45, 2.75) is 26.2 Å². The maximum atomic E-state index is 13.5. The van der Waals surface area contributed by atoms with E-state index in [1.165, 1.54) is 0 Å². The van der Waals surface area contributed by atoms with Crippen LogP contribution in [0.5, 0.6) is 0 Å². The third-order valence-corrected chi connectivity index (χ3v) is 6.60. The Labute approximate surface area is 212 Å². The van der Waals surface area contributed by atoms with E-state index in [4.69, 9.17) is 0 Å². The van der Waals surface area contributed by atoms with Gasteiger partial charge < -0.3 is 15.1 Å². The van der Waals surface area contributed by atoms with Gasteiger partial charge in [-0.05, 0) is 62.3 Å². The Morgan fingerprint density at radius 3 is 2.31 bits per heavy atom. The average molecular weight is 485 g/mol. The number of ketones is 1. The molecule has 7 nitrogen and oxygen atoms in total. The number of piperidine rings is 1. The topological polar surface area (TPSA) is 82.6 Å². The summed E-state index contributed by atoms with van der Waals surface area (Å²) in [6, 6.07) is 20.2. The summed E-state index contributed by atoms with van der Waals surface area (Å²) in [5.74, 6) is 0.0817. The molecule has 4 rings (SSSR count). The van der Waals surface area contributed by atoms with Crippen LogP contribution in [0.2, 0.25) is 0 Å². The maximum Gasteiger partial charge on any atom is 0.258 e. The second-order valence-corrected chi connectivity index (χ2v) is 8.99. The highest BCUT2D eigenvalue weighted by Gasteiger charge is 2.26. The number of likely N-dealkylation sites (tertiary alicyclic amines) is 1. The molecule has 0 saturated carbocycles. The van der Waals surface area contributed by atoms with Gasteiger partial charge in [0.2, 0.25) is 5.91 Å². The normalized spacial score (nSPS) is 14.2. The van der Waals surface area contributed by atoms with Crippen LogP contribution >= 0.6 is 0 Å². The molecule has 2 heterocycles. The molecule has 0 bridgehead atoms. The SMILES string of the molecule is CCC(=O)Nc1ccc(C(=O)N(CCN2CCC(C(=O)c3ccccc3)CC2)c2cccnc2)cc1. The largest absolute Gasteiger partial charge is 0.326 e. The number of Topliss-reactive ketones (excluding diaryl/α,β-unsaturated/α-hetero) is 1.